The van der Waals surface area contributed by atoms with Crippen molar-refractivity contribution in [2.45, 2.75) is 39.7 Å². The van der Waals surface area contributed by atoms with Gasteiger partial charge in [0.1, 0.15) is 5.15 Å². The highest BCUT2D eigenvalue weighted by Crippen LogP contribution is 2.05. The van der Waals surface area contributed by atoms with Gasteiger partial charge in [-0.1, -0.05) is 17.7 Å². The van der Waals surface area contributed by atoms with Crippen LogP contribution in [0.15, 0.2) is 23.3 Å². The number of rotatable bonds is 8. The Morgan fingerprint density at radius 1 is 1.39 bits per heavy atom. The van der Waals surface area contributed by atoms with E-state index in [1.807, 2.05) is 26.8 Å². The summed E-state index contributed by atoms with van der Waals surface area (Å²) in [4.78, 5) is 19.9. The molecule has 0 bridgehead atoms. The Kier molecular flexibility index (Phi) is 9.05. The molecule has 1 heterocycles. The zero-order valence-electron chi connectivity index (χ0n) is 13.9. The summed E-state index contributed by atoms with van der Waals surface area (Å²) in [7, 11) is 0. The standard InChI is InChI=1S/C16H25ClN4O2/c1-4-18-16(20-10-8-15(22)23-12(2)3)19-9-7-13-5-6-14(17)21-11-13/h5-6,11-12H,4,7-10H2,1-3H3,(H2,18,19,20). The first kappa shape index (κ1) is 19.2. The summed E-state index contributed by atoms with van der Waals surface area (Å²) in [5, 5.41) is 6.86. The average molecular weight is 341 g/mol. The van der Waals surface area contributed by atoms with Crippen molar-refractivity contribution in [3.63, 3.8) is 0 Å². The van der Waals surface area contributed by atoms with Crippen LogP contribution in [0.1, 0.15) is 32.8 Å². The van der Waals surface area contributed by atoms with Crippen LogP contribution < -0.4 is 10.6 Å². The summed E-state index contributed by atoms with van der Waals surface area (Å²) in [6.45, 7) is 7.52. The number of nitrogens with zero attached hydrogens (tertiary/aromatic N) is 2. The maximum Gasteiger partial charge on any atom is 0.307 e. The Labute approximate surface area is 142 Å². The van der Waals surface area contributed by atoms with Crippen LogP contribution in [0.4, 0.5) is 0 Å². The third-order valence-corrected chi connectivity index (χ3v) is 3.02. The zero-order valence-corrected chi connectivity index (χ0v) is 14.7. The van der Waals surface area contributed by atoms with Gasteiger partial charge in [-0.25, -0.2) is 4.98 Å². The van der Waals surface area contributed by atoms with E-state index in [0.29, 0.717) is 24.2 Å². The lowest BCUT2D eigenvalue weighted by molar-refractivity contribution is -0.147. The molecular formula is C16H25ClN4O2. The van der Waals surface area contributed by atoms with E-state index < -0.39 is 0 Å². The minimum absolute atomic E-state index is 0.0918. The molecule has 1 aromatic rings. The molecule has 6 nitrogen and oxygen atoms in total. The molecule has 0 radical (unpaired) electrons. The maximum absolute atomic E-state index is 11.5. The topological polar surface area (TPSA) is 75.6 Å². The maximum atomic E-state index is 11.5. The predicted molar refractivity (Wildman–Crippen MR) is 92.8 cm³/mol. The number of halogens is 1. The monoisotopic (exact) mass is 340 g/mol. The van der Waals surface area contributed by atoms with Crippen molar-refractivity contribution in [1.82, 2.24) is 15.6 Å². The lowest BCUT2D eigenvalue weighted by atomic mass is 10.2. The van der Waals surface area contributed by atoms with Gasteiger partial charge in [-0.2, -0.15) is 0 Å². The Bertz CT molecular complexity index is 503. The van der Waals surface area contributed by atoms with Crippen molar-refractivity contribution < 1.29 is 9.53 Å². The number of aliphatic imine (C=N–C) groups is 1. The number of aromatic nitrogens is 1. The van der Waals surface area contributed by atoms with E-state index in [0.717, 1.165) is 18.5 Å². The molecule has 1 rings (SSSR count). The lowest BCUT2D eigenvalue weighted by Gasteiger charge is -2.11. The van der Waals surface area contributed by atoms with E-state index in [9.17, 15) is 4.79 Å². The van der Waals surface area contributed by atoms with E-state index >= 15 is 0 Å². The summed E-state index contributed by atoms with van der Waals surface area (Å²) in [6.07, 6.45) is 2.75. The Morgan fingerprint density at radius 2 is 2.17 bits per heavy atom. The van der Waals surface area contributed by atoms with E-state index in [1.54, 1.807) is 12.3 Å². The third-order valence-electron chi connectivity index (χ3n) is 2.79. The van der Waals surface area contributed by atoms with Gasteiger partial charge in [0.2, 0.25) is 0 Å². The molecule has 23 heavy (non-hydrogen) atoms. The van der Waals surface area contributed by atoms with Gasteiger partial charge in [-0.05, 0) is 38.8 Å². The number of hydrogen-bond acceptors (Lipinski definition) is 4. The van der Waals surface area contributed by atoms with Crippen molar-refractivity contribution in [3.05, 3.63) is 29.0 Å². The normalized spacial score (nSPS) is 11.4. The molecule has 0 aromatic carbocycles. The Hall–Kier alpha value is -1.82. The molecular weight excluding hydrogens is 316 g/mol. The van der Waals surface area contributed by atoms with Crippen LogP contribution in [0.25, 0.3) is 0 Å². The number of pyridine rings is 1. The van der Waals surface area contributed by atoms with Gasteiger partial charge in [-0.15, -0.1) is 0 Å². The third kappa shape index (κ3) is 9.03. The number of carbonyl (C=O) groups excluding carboxylic acids is 1. The van der Waals surface area contributed by atoms with Gasteiger partial charge < -0.3 is 15.4 Å². The van der Waals surface area contributed by atoms with Crippen LogP contribution in [-0.4, -0.2) is 42.7 Å². The minimum Gasteiger partial charge on any atom is -0.463 e. The molecule has 0 saturated carbocycles. The van der Waals surface area contributed by atoms with Crippen LogP contribution >= 0.6 is 11.6 Å². The van der Waals surface area contributed by atoms with Crippen molar-refractivity contribution >= 4 is 23.5 Å². The molecule has 7 heteroatoms. The van der Waals surface area contributed by atoms with Crippen LogP contribution in [-0.2, 0) is 16.0 Å². The van der Waals surface area contributed by atoms with Gasteiger partial charge >= 0.3 is 5.97 Å². The van der Waals surface area contributed by atoms with Gasteiger partial charge in [0, 0.05) is 19.3 Å². The molecule has 0 aliphatic rings. The van der Waals surface area contributed by atoms with Crippen LogP contribution in [0, 0.1) is 0 Å². The molecule has 0 unspecified atom stereocenters. The lowest BCUT2D eigenvalue weighted by Crippen LogP contribution is -2.38. The second-order valence-electron chi connectivity index (χ2n) is 5.22. The molecule has 128 valence electrons. The molecule has 0 amide bonds. The van der Waals surface area contributed by atoms with Crippen LogP contribution in [0.5, 0.6) is 0 Å². The van der Waals surface area contributed by atoms with Crippen LogP contribution in [0.3, 0.4) is 0 Å². The van der Waals surface area contributed by atoms with E-state index in [1.165, 1.54) is 0 Å². The molecule has 1 aromatic heterocycles. The molecule has 0 aliphatic carbocycles. The van der Waals surface area contributed by atoms with Crippen molar-refractivity contribution in [2.24, 2.45) is 4.99 Å². The zero-order chi connectivity index (χ0) is 17.1. The highest BCUT2D eigenvalue weighted by Gasteiger charge is 2.05. The Balaban J connectivity index is 2.36. The van der Waals surface area contributed by atoms with Crippen molar-refractivity contribution in [1.29, 1.82) is 0 Å². The SMILES string of the molecule is CCNC(=NCCC(=O)OC(C)C)NCCc1ccc(Cl)nc1. The number of nitrogens with one attached hydrogen (secondary N) is 2. The van der Waals surface area contributed by atoms with E-state index in [4.69, 9.17) is 16.3 Å². The first-order valence-corrected chi connectivity index (χ1v) is 8.21. The second kappa shape index (κ2) is 10.8. The number of hydrogen-bond donors (Lipinski definition) is 2. The number of guanidine groups is 1. The Morgan fingerprint density at radius 3 is 2.78 bits per heavy atom. The van der Waals surface area contributed by atoms with E-state index in [-0.39, 0.29) is 18.5 Å². The van der Waals surface area contributed by atoms with Gasteiger partial charge in [0.25, 0.3) is 0 Å². The highest BCUT2D eigenvalue weighted by molar-refractivity contribution is 6.29. The number of esters is 1. The second-order valence-corrected chi connectivity index (χ2v) is 5.60. The van der Waals surface area contributed by atoms with Gasteiger partial charge in [0.05, 0.1) is 19.1 Å². The molecule has 0 spiro atoms. The first-order valence-electron chi connectivity index (χ1n) is 7.83. The summed E-state index contributed by atoms with van der Waals surface area (Å²) < 4.78 is 5.07. The molecule has 0 aliphatic heterocycles. The van der Waals surface area contributed by atoms with Crippen LogP contribution in [0.2, 0.25) is 5.15 Å². The molecule has 0 saturated heterocycles. The predicted octanol–water partition coefficient (Wildman–Crippen LogP) is 2.17. The van der Waals surface area contributed by atoms with Crippen molar-refractivity contribution in [2.75, 3.05) is 19.6 Å². The highest BCUT2D eigenvalue weighted by atomic mass is 35.5. The summed E-state index contributed by atoms with van der Waals surface area (Å²) in [5.74, 6) is 0.457. The fraction of sp³-hybridized carbons (Fsp3) is 0.562. The van der Waals surface area contributed by atoms with Gasteiger partial charge in [-0.3, -0.25) is 9.79 Å². The molecule has 2 N–H and O–H groups in total. The largest absolute Gasteiger partial charge is 0.463 e. The number of carbonyl (C=O) groups is 1. The average Bonchev–Trinajstić information content (AvgIpc) is 2.48. The van der Waals surface area contributed by atoms with Gasteiger partial charge in [0.15, 0.2) is 5.96 Å². The fourth-order valence-electron chi connectivity index (χ4n) is 1.80. The smallest absolute Gasteiger partial charge is 0.307 e. The van der Waals surface area contributed by atoms with Crippen molar-refractivity contribution in [3.8, 4) is 0 Å². The quantitative estimate of drug-likeness (QED) is 0.328. The van der Waals surface area contributed by atoms with E-state index in [2.05, 4.69) is 20.6 Å². The summed E-state index contributed by atoms with van der Waals surface area (Å²) in [5.41, 5.74) is 1.10. The fourth-order valence-corrected chi connectivity index (χ4v) is 1.91. The minimum atomic E-state index is -0.230. The summed E-state index contributed by atoms with van der Waals surface area (Å²) in [6, 6.07) is 3.72. The first-order chi connectivity index (χ1) is 11.0. The molecule has 0 fully saturated rings. The number of ether oxygens (including phenoxy) is 1. The summed E-state index contributed by atoms with van der Waals surface area (Å²) >= 11 is 5.76. The molecule has 0 atom stereocenters.